The fraction of sp³-hybridized carbons (Fsp3) is 1.00. The van der Waals surface area contributed by atoms with E-state index in [1.807, 2.05) is 0 Å². The number of nitrogens with one attached hydrogen (secondary N) is 1. The van der Waals surface area contributed by atoms with Crippen molar-refractivity contribution in [3.05, 3.63) is 0 Å². The second-order valence-electron chi connectivity index (χ2n) is 5.08. The Kier molecular flexibility index (Phi) is 2.34. The maximum absolute atomic E-state index is 5.58. The summed E-state index contributed by atoms with van der Waals surface area (Å²) in [6.45, 7) is 10.8. The lowest BCUT2D eigenvalue weighted by Crippen LogP contribution is -2.68. The van der Waals surface area contributed by atoms with Crippen LogP contribution in [-0.2, 0) is 4.74 Å². The maximum atomic E-state index is 5.58. The Hall–Kier alpha value is -0.120. The van der Waals surface area contributed by atoms with Crippen molar-refractivity contribution >= 4 is 0 Å². The van der Waals surface area contributed by atoms with Gasteiger partial charge in [-0.3, -0.25) is 4.90 Å². The van der Waals surface area contributed by atoms with E-state index in [9.17, 15) is 0 Å². The summed E-state index contributed by atoms with van der Waals surface area (Å²) in [6.07, 6.45) is 0. The summed E-state index contributed by atoms with van der Waals surface area (Å²) in [4.78, 5) is 2.62. The van der Waals surface area contributed by atoms with Crippen molar-refractivity contribution in [1.29, 1.82) is 0 Å². The van der Waals surface area contributed by atoms with Crippen molar-refractivity contribution in [2.24, 2.45) is 0 Å². The molecule has 2 heterocycles. The number of ether oxygens (including phenoxy) is 1. The average molecular weight is 184 g/mol. The fourth-order valence-corrected chi connectivity index (χ4v) is 2.63. The van der Waals surface area contributed by atoms with E-state index in [1.165, 1.54) is 0 Å². The van der Waals surface area contributed by atoms with E-state index in [2.05, 4.69) is 31.0 Å². The van der Waals surface area contributed by atoms with Gasteiger partial charge in [-0.15, -0.1) is 0 Å². The second-order valence-corrected chi connectivity index (χ2v) is 5.08. The molecular weight excluding hydrogens is 164 g/mol. The number of morpholine rings is 1. The van der Waals surface area contributed by atoms with E-state index < -0.39 is 0 Å². The molecule has 2 bridgehead atoms. The molecule has 2 aliphatic heterocycles. The van der Waals surface area contributed by atoms with E-state index in [-0.39, 0.29) is 5.54 Å². The van der Waals surface area contributed by atoms with Crippen LogP contribution >= 0.6 is 0 Å². The molecule has 2 atom stereocenters. The Morgan fingerprint density at radius 2 is 1.69 bits per heavy atom. The molecule has 2 fully saturated rings. The van der Waals surface area contributed by atoms with E-state index in [0.717, 1.165) is 26.3 Å². The first-order valence-electron chi connectivity index (χ1n) is 5.16. The highest BCUT2D eigenvalue weighted by Crippen LogP contribution is 2.25. The predicted molar refractivity (Wildman–Crippen MR) is 52.9 cm³/mol. The Bertz CT molecular complexity index is 166. The molecule has 0 aromatic rings. The lowest BCUT2D eigenvalue weighted by Gasteiger charge is -2.52. The molecule has 2 rings (SSSR count). The van der Waals surface area contributed by atoms with Crippen LogP contribution in [-0.4, -0.2) is 48.8 Å². The number of nitrogens with zero attached hydrogens (tertiary/aromatic N) is 1. The number of hydrogen-bond acceptors (Lipinski definition) is 3. The van der Waals surface area contributed by atoms with Gasteiger partial charge in [-0.2, -0.15) is 0 Å². The molecule has 0 spiro atoms. The smallest absolute Gasteiger partial charge is 0.0635 e. The van der Waals surface area contributed by atoms with Crippen molar-refractivity contribution in [3.8, 4) is 0 Å². The zero-order valence-corrected chi connectivity index (χ0v) is 8.84. The van der Waals surface area contributed by atoms with Crippen molar-refractivity contribution in [3.63, 3.8) is 0 Å². The molecule has 13 heavy (non-hydrogen) atoms. The number of piperazine rings is 1. The zero-order chi connectivity index (χ0) is 9.47. The standard InChI is InChI=1S/C10H20N2O/c1-10(2,3)12-8-4-11-5-9(12)7-13-6-8/h8-9,11H,4-7H2,1-3H3. The van der Waals surface area contributed by atoms with Crippen LogP contribution in [0.5, 0.6) is 0 Å². The Labute approximate surface area is 80.4 Å². The van der Waals surface area contributed by atoms with Gasteiger partial charge in [0.05, 0.1) is 13.2 Å². The third-order valence-corrected chi connectivity index (χ3v) is 2.94. The molecule has 1 N–H and O–H groups in total. The third kappa shape index (κ3) is 1.73. The largest absolute Gasteiger partial charge is 0.378 e. The summed E-state index contributed by atoms with van der Waals surface area (Å²) in [7, 11) is 0. The van der Waals surface area contributed by atoms with Gasteiger partial charge < -0.3 is 10.1 Å². The fourth-order valence-electron chi connectivity index (χ4n) is 2.63. The minimum Gasteiger partial charge on any atom is -0.378 e. The topological polar surface area (TPSA) is 24.5 Å². The summed E-state index contributed by atoms with van der Waals surface area (Å²) >= 11 is 0. The number of fused-ring (bicyclic) bond motifs is 2. The number of hydrogen-bond donors (Lipinski definition) is 1. The van der Waals surface area contributed by atoms with Crippen LogP contribution in [0.3, 0.4) is 0 Å². The van der Waals surface area contributed by atoms with Crippen LogP contribution in [0.15, 0.2) is 0 Å². The quantitative estimate of drug-likeness (QED) is 0.592. The van der Waals surface area contributed by atoms with Gasteiger partial charge in [-0.25, -0.2) is 0 Å². The third-order valence-electron chi connectivity index (χ3n) is 2.94. The van der Waals surface area contributed by atoms with E-state index in [1.54, 1.807) is 0 Å². The first-order valence-corrected chi connectivity index (χ1v) is 5.16. The highest BCUT2D eigenvalue weighted by atomic mass is 16.5. The highest BCUT2D eigenvalue weighted by molar-refractivity contribution is 4.96. The molecule has 0 saturated carbocycles. The summed E-state index contributed by atoms with van der Waals surface area (Å²) in [5, 5.41) is 3.47. The molecule has 2 unspecified atom stereocenters. The first kappa shape index (κ1) is 9.44. The molecule has 0 aromatic carbocycles. The molecule has 3 nitrogen and oxygen atoms in total. The van der Waals surface area contributed by atoms with Crippen LogP contribution in [0.25, 0.3) is 0 Å². The van der Waals surface area contributed by atoms with Gasteiger partial charge in [0, 0.05) is 30.7 Å². The van der Waals surface area contributed by atoms with Crippen LogP contribution in [0.4, 0.5) is 0 Å². The minimum atomic E-state index is 0.279. The molecule has 76 valence electrons. The van der Waals surface area contributed by atoms with Crippen molar-refractivity contribution in [2.45, 2.75) is 38.4 Å². The molecule has 0 aliphatic carbocycles. The molecular formula is C10H20N2O. The number of rotatable bonds is 0. The van der Waals surface area contributed by atoms with Gasteiger partial charge in [-0.1, -0.05) is 0 Å². The van der Waals surface area contributed by atoms with E-state index in [0.29, 0.717) is 12.1 Å². The van der Waals surface area contributed by atoms with Crippen molar-refractivity contribution in [1.82, 2.24) is 10.2 Å². The van der Waals surface area contributed by atoms with Gasteiger partial charge in [0.15, 0.2) is 0 Å². The molecule has 0 radical (unpaired) electrons. The van der Waals surface area contributed by atoms with Gasteiger partial charge in [0.25, 0.3) is 0 Å². The summed E-state index contributed by atoms with van der Waals surface area (Å²) < 4.78 is 5.58. The van der Waals surface area contributed by atoms with E-state index in [4.69, 9.17) is 4.74 Å². The van der Waals surface area contributed by atoms with E-state index >= 15 is 0 Å². The van der Waals surface area contributed by atoms with Gasteiger partial charge in [0.2, 0.25) is 0 Å². The molecule has 2 aliphatic rings. The average Bonchev–Trinajstić information content (AvgIpc) is 2.01. The van der Waals surface area contributed by atoms with Gasteiger partial charge >= 0.3 is 0 Å². The minimum absolute atomic E-state index is 0.279. The van der Waals surface area contributed by atoms with Crippen LogP contribution in [0.2, 0.25) is 0 Å². The monoisotopic (exact) mass is 184 g/mol. The highest BCUT2D eigenvalue weighted by Gasteiger charge is 2.40. The lowest BCUT2D eigenvalue weighted by molar-refractivity contribution is -0.104. The predicted octanol–water partition coefficient (Wildman–Crippen LogP) is 0.457. The van der Waals surface area contributed by atoms with Crippen molar-refractivity contribution < 1.29 is 4.74 Å². The van der Waals surface area contributed by atoms with Crippen LogP contribution in [0.1, 0.15) is 20.8 Å². The second kappa shape index (κ2) is 3.23. The summed E-state index contributed by atoms with van der Waals surface area (Å²) in [6, 6.07) is 1.15. The lowest BCUT2D eigenvalue weighted by atomic mass is 9.96. The zero-order valence-electron chi connectivity index (χ0n) is 8.84. The molecule has 0 aromatic heterocycles. The summed E-state index contributed by atoms with van der Waals surface area (Å²) in [5.41, 5.74) is 0.279. The Balaban J connectivity index is 2.15. The SMILES string of the molecule is CC(C)(C)N1C2CNCC1COC2. The van der Waals surface area contributed by atoms with Crippen LogP contribution < -0.4 is 5.32 Å². The maximum Gasteiger partial charge on any atom is 0.0635 e. The van der Waals surface area contributed by atoms with Gasteiger partial charge in [0.1, 0.15) is 0 Å². The Morgan fingerprint density at radius 1 is 1.15 bits per heavy atom. The molecule has 3 heteroatoms. The first-order chi connectivity index (χ1) is 6.09. The van der Waals surface area contributed by atoms with Gasteiger partial charge in [-0.05, 0) is 20.8 Å². The normalized spacial score (nSPS) is 36.2. The molecule has 0 amide bonds. The van der Waals surface area contributed by atoms with Crippen molar-refractivity contribution in [2.75, 3.05) is 26.3 Å². The summed E-state index contributed by atoms with van der Waals surface area (Å²) in [5.74, 6) is 0. The van der Waals surface area contributed by atoms with Crippen LogP contribution in [0, 0.1) is 0 Å². The molecule has 2 saturated heterocycles. The Morgan fingerprint density at radius 3 is 2.08 bits per heavy atom.